The SMILES string of the molecule is CCCC(C)(C(=O)O)c1ccccc1F. The van der Waals surface area contributed by atoms with Crippen molar-refractivity contribution in [2.24, 2.45) is 0 Å². The second kappa shape index (κ2) is 4.43. The van der Waals surface area contributed by atoms with Crippen LogP contribution in [0.15, 0.2) is 24.3 Å². The molecule has 0 aliphatic rings. The Kier molecular flexibility index (Phi) is 3.45. The molecule has 0 bridgehead atoms. The Balaban J connectivity index is 3.21. The van der Waals surface area contributed by atoms with Crippen molar-refractivity contribution in [3.63, 3.8) is 0 Å². The van der Waals surface area contributed by atoms with Crippen molar-refractivity contribution in [3.8, 4) is 0 Å². The first-order valence-electron chi connectivity index (χ1n) is 5.00. The van der Waals surface area contributed by atoms with Gasteiger partial charge in [0.1, 0.15) is 5.82 Å². The van der Waals surface area contributed by atoms with Gasteiger partial charge >= 0.3 is 5.97 Å². The molecular formula is C12H15FO2. The van der Waals surface area contributed by atoms with Crippen molar-refractivity contribution >= 4 is 5.97 Å². The molecule has 0 saturated heterocycles. The molecule has 1 unspecified atom stereocenters. The summed E-state index contributed by atoms with van der Waals surface area (Å²) in [5.74, 6) is -1.43. The molecule has 2 nitrogen and oxygen atoms in total. The minimum absolute atomic E-state index is 0.263. The van der Waals surface area contributed by atoms with E-state index in [0.29, 0.717) is 12.8 Å². The Labute approximate surface area is 88.7 Å². The molecule has 1 atom stereocenters. The zero-order chi connectivity index (χ0) is 11.5. The Morgan fingerprint density at radius 3 is 2.53 bits per heavy atom. The van der Waals surface area contributed by atoms with Gasteiger partial charge < -0.3 is 5.11 Å². The lowest BCUT2D eigenvalue weighted by Crippen LogP contribution is -2.33. The molecule has 0 radical (unpaired) electrons. The monoisotopic (exact) mass is 210 g/mol. The molecular weight excluding hydrogens is 195 g/mol. The first kappa shape index (κ1) is 11.7. The smallest absolute Gasteiger partial charge is 0.313 e. The van der Waals surface area contributed by atoms with Crippen LogP contribution in [0.5, 0.6) is 0 Å². The van der Waals surface area contributed by atoms with Crippen molar-refractivity contribution in [1.82, 2.24) is 0 Å². The van der Waals surface area contributed by atoms with Crippen LogP contribution in [0.1, 0.15) is 32.3 Å². The van der Waals surface area contributed by atoms with Crippen molar-refractivity contribution in [2.45, 2.75) is 32.1 Å². The quantitative estimate of drug-likeness (QED) is 0.829. The highest BCUT2D eigenvalue weighted by molar-refractivity contribution is 5.80. The number of rotatable bonds is 4. The van der Waals surface area contributed by atoms with Gasteiger partial charge in [-0.3, -0.25) is 4.79 Å². The summed E-state index contributed by atoms with van der Waals surface area (Å²) in [6, 6.07) is 6.06. The van der Waals surface area contributed by atoms with Gasteiger partial charge in [0.05, 0.1) is 5.41 Å². The van der Waals surface area contributed by atoms with E-state index in [1.807, 2.05) is 6.92 Å². The molecule has 1 aromatic rings. The maximum atomic E-state index is 13.5. The van der Waals surface area contributed by atoms with Crippen molar-refractivity contribution in [2.75, 3.05) is 0 Å². The average molecular weight is 210 g/mol. The van der Waals surface area contributed by atoms with Crippen LogP contribution in [0.2, 0.25) is 0 Å². The van der Waals surface area contributed by atoms with Gasteiger partial charge in [0.2, 0.25) is 0 Å². The third-order valence-electron chi connectivity index (χ3n) is 2.69. The highest BCUT2D eigenvalue weighted by Gasteiger charge is 2.36. The molecule has 1 N–H and O–H groups in total. The van der Waals surface area contributed by atoms with Crippen LogP contribution in [0.4, 0.5) is 4.39 Å². The van der Waals surface area contributed by atoms with E-state index in [1.54, 1.807) is 25.1 Å². The topological polar surface area (TPSA) is 37.3 Å². The van der Waals surface area contributed by atoms with Gasteiger partial charge in [-0.25, -0.2) is 4.39 Å². The van der Waals surface area contributed by atoms with Gasteiger partial charge in [0, 0.05) is 5.56 Å². The molecule has 0 spiro atoms. The molecule has 0 heterocycles. The molecule has 82 valence electrons. The normalized spacial score (nSPS) is 14.6. The fourth-order valence-electron chi connectivity index (χ4n) is 1.77. The van der Waals surface area contributed by atoms with Crippen LogP contribution in [0, 0.1) is 5.82 Å². The Hall–Kier alpha value is -1.38. The highest BCUT2D eigenvalue weighted by Crippen LogP contribution is 2.31. The summed E-state index contributed by atoms with van der Waals surface area (Å²) in [4.78, 5) is 11.2. The molecule has 0 saturated carbocycles. The zero-order valence-corrected chi connectivity index (χ0v) is 8.96. The van der Waals surface area contributed by atoms with Crippen molar-refractivity contribution < 1.29 is 14.3 Å². The highest BCUT2D eigenvalue weighted by atomic mass is 19.1. The molecule has 0 fully saturated rings. The van der Waals surface area contributed by atoms with E-state index in [9.17, 15) is 14.3 Å². The third-order valence-corrected chi connectivity index (χ3v) is 2.69. The average Bonchev–Trinajstić information content (AvgIpc) is 2.18. The second-order valence-electron chi connectivity index (χ2n) is 3.87. The van der Waals surface area contributed by atoms with Crippen molar-refractivity contribution in [3.05, 3.63) is 35.6 Å². The second-order valence-corrected chi connectivity index (χ2v) is 3.87. The summed E-state index contributed by atoms with van der Waals surface area (Å²) < 4.78 is 13.5. The first-order valence-corrected chi connectivity index (χ1v) is 5.00. The maximum Gasteiger partial charge on any atom is 0.313 e. The minimum Gasteiger partial charge on any atom is -0.481 e. The summed E-state index contributed by atoms with van der Waals surface area (Å²) in [5.41, 5.74) is -0.862. The number of aliphatic carboxylic acids is 1. The van der Waals surface area contributed by atoms with E-state index in [-0.39, 0.29) is 5.56 Å². The fraction of sp³-hybridized carbons (Fsp3) is 0.417. The molecule has 0 amide bonds. The summed E-state index contributed by atoms with van der Waals surface area (Å²) >= 11 is 0. The van der Waals surface area contributed by atoms with E-state index in [0.717, 1.165) is 0 Å². The largest absolute Gasteiger partial charge is 0.481 e. The number of hydrogen-bond acceptors (Lipinski definition) is 1. The van der Waals surface area contributed by atoms with Crippen LogP contribution >= 0.6 is 0 Å². The van der Waals surface area contributed by atoms with Gasteiger partial charge in [0.25, 0.3) is 0 Å². The van der Waals surface area contributed by atoms with E-state index < -0.39 is 17.2 Å². The maximum absolute atomic E-state index is 13.5. The molecule has 0 aliphatic heterocycles. The Morgan fingerprint density at radius 2 is 2.07 bits per heavy atom. The van der Waals surface area contributed by atoms with E-state index in [1.165, 1.54) is 6.07 Å². The van der Waals surface area contributed by atoms with Crippen LogP contribution in [0.25, 0.3) is 0 Å². The first-order chi connectivity index (χ1) is 7.02. The predicted molar refractivity (Wildman–Crippen MR) is 56.3 cm³/mol. The van der Waals surface area contributed by atoms with Crippen LogP contribution < -0.4 is 0 Å². The van der Waals surface area contributed by atoms with Crippen LogP contribution in [0.3, 0.4) is 0 Å². The summed E-state index contributed by atoms with van der Waals surface area (Å²) in [5, 5.41) is 9.17. The predicted octanol–water partition coefficient (Wildman–Crippen LogP) is 2.97. The number of halogens is 1. The van der Waals surface area contributed by atoms with Gasteiger partial charge in [-0.05, 0) is 19.4 Å². The molecule has 0 aliphatic carbocycles. The standard InChI is InChI=1S/C12H15FO2/c1-3-8-12(2,11(14)15)9-6-4-5-7-10(9)13/h4-7H,3,8H2,1-2H3,(H,14,15). The summed E-state index contributed by atoms with van der Waals surface area (Å²) in [7, 11) is 0. The van der Waals surface area contributed by atoms with Gasteiger partial charge in [-0.2, -0.15) is 0 Å². The lowest BCUT2D eigenvalue weighted by atomic mass is 9.78. The van der Waals surface area contributed by atoms with E-state index in [4.69, 9.17) is 0 Å². The van der Waals surface area contributed by atoms with E-state index >= 15 is 0 Å². The number of benzene rings is 1. The molecule has 1 rings (SSSR count). The lowest BCUT2D eigenvalue weighted by Gasteiger charge is -2.25. The summed E-state index contributed by atoms with van der Waals surface area (Å²) in [6.07, 6.45) is 1.14. The van der Waals surface area contributed by atoms with E-state index in [2.05, 4.69) is 0 Å². The molecule has 0 aromatic heterocycles. The third kappa shape index (κ3) is 2.17. The van der Waals surface area contributed by atoms with Crippen LogP contribution in [-0.2, 0) is 10.2 Å². The Bertz CT molecular complexity index is 362. The minimum atomic E-state index is -1.12. The van der Waals surface area contributed by atoms with Gasteiger partial charge in [-0.15, -0.1) is 0 Å². The fourth-order valence-corrected chi connectivity index (χ4v) is 1.77. The Morgan fingerprint density at radius 1 is 1.47 bits per heavy atom. The molecule has 15 heavy (non-hydrogen) atoms. The lowest BCUT2D eigenvalue weighted by molar-refractivity contribution is -0.143. The number of carbonyl (C=O) groups is 1. The molecule has 1 aromatic carbocycles. The van der Waals surface area contributed by atoms with Gasteiger partial charge in [-0.1, -0.05) is 31.5 Å². The van der Waals surface area contributed by atoms with Crippen molar-refractivity contribution in [1.29, 1.82) is 0 Å². The zero-order valence-electron chi connectivity index (χ0n) is 8.96. The van der Waals surface area contributed by atoms with Crippen LogP contribution in [-0.4, -0.2) is 11.1 Å². The molecule has 3 heteroatoms. The number of hydrogen-bond donors (Lipinski definition) is 1. The summed E-state index contributed by atoms with van der Waals surface area (Å²) in [6.45, 7) is 3.46. The number of carboxylic acids is 1. The van der Waals surface area contributed by atoms with Gasteiger partial charge in [0.15, 0.2) is 0 Å². The number of carboxylic acid groups (broad SMARTS) is 1.